The molecule has 0 saturated carbocycles. The Morgan fingerprint density at radius 1 is 1.40 bits per heavy atom. The number of ether oxygens (including phenoxy) is 1. The van der Waals surface area contributed by atoms with E-state index in [-0.39, 0.29) is 5.95 Å². The van der Waals surface area contributed by atoms with Crippen LogP contribution in [0, 0.1) is 0 Å². The van der Waals surface area contributed by atoms with E-state index in [0.717, 1.165) is 0 Å². The van der Waals surface area contributed by atoms with Crippen molar-refractivity contribution < 1.29 is 17.9 Å². The van der Waals surface area contributed by atoms with Crippen molar-refractivity contribution in [3.05, 3.63) is 12.4 Å². The van der Waals surface area contributed by atoms with Crippen molar-refractivity contribution in [3.63, 3.8) is 0 Å². The lowest BCUT2D eigenvalue weighted by Crippen LogP contribution is -2.16. The molecular weight excluding hydrogens is 235 g/mol. The van der Waals surface area contributed by atoms with Crippen LogP contribution in [0.5, 0.6) is 5.75 Å². The predicted molar refractivity (Wildman–Crippen MR) is 47.6 cm³/mol. The van der Waals surface area contributed by atoms with Crippen LogP contribution in [0.2, 0.25) is 0 Å². The van der Waals surface area contributed by atoms with Gasteiger partial charge in [0.15, 0.2) is 5.75 Å². The van der Waals surface area contributed by atoms with Crippen molar-refractivity contribution in [1.29, 1.82) is 0 Å². The van der Waals surface area contributed by atoms with Crippen molar-refractivity contribution in [3.8, 4) is 5.75 Å². The van der Waals surface area contributed by atoms with E-state index >= 15 is 0 Å². The lowest BCUT2D eigenvalue weighted by Gasteiger charge is -2.02. The van der Waals surface area contributed by atoms with E-state index in [1.807, 2.05) is 0 Å². The van der Waals surface area contributed by atoms with E-state index in [9.17, 15) is 13.2 Å². The third-order valence-electron chi connectivity index (χ3n) is 1.28. The summed E-state index contributed by atoms with van der Waals surface area (Å²) in [6.45, 7) is 0. The highest BCUT2D eigenvalue weighted by Gasteiger charge is 2.34. The Kier molecular flexibility index (Phi) is 3.46. The topological polar surface area (TPSA) is 47.4 Å². The first-order valence-electron chi connectivity index (χ1n) is 3.61. The first-order chi connectivity index (χ1) is 6.93. The summed E-state index contributed by atoms with van der Waals surface area (Å²) >= 11 is 4.88. The molecule has 0 aromatic carbocycles. The highest BCUT2D eigenvalue weighted by atomic mass is 35.5. The van der Waals surface area contributed by atoms with Crippen molar-refractivity contribution in [1.82, 2.24) is 9.97 Å². The normalized spacial score (nSPS) is 12.7. The van der Waals surface area contributed by atoms with E-state index in [0.29, 0.717) is 5.75 Å². The van der Waals surface area contributed by atoms with Crippen molar-refractivity contribution in [2.24, 2.45) is 4.99 Å². The first kappa shape index (κ1) is 11.7. The number of methoxy groups -OCH3 is 1. The molecule has 0 aliphatic carbocycles. The molecule has 0 unspecified atom stereocenters. The van der Waals surface area contributed by atoms with Crippen LogP contribution in [0.4, 0.5) is 19.1 Å². The predicted octanol–water partition coefficient (Wildman–Crippen LogP) is 2.32. The summed E-state index contributed by atoms with van der Waals surface area (Å²) in [5.74, 6) is -0.0600. The van der Waals surface area contributed by atoms with Crippen LogP contribution in [0.25, 0.3) is 0 Å². The largest absolute Gasteiger partial charge is 0.494 e. The number of nitrogens with zero attached hydrogens (tertiary/aromatic N) is 3. The second-order valence-corrected chi connectivity index (χ2v) is 2.68. The van der Waals surface area contributed by atoms with Gasteiger partial charge in [0.25, 0.3) is 5.95 Å². The fourth-order valence-corrected chi connectivity index (χ4v) is 0.699. The van der Waals surface area contributed by atoms with Crippen LogP contribution in [-0.2, 0) is 0 Å². The van der Waals surface area contributed by atoms with Gasteiger partial charge >= 0.3 is 6.18 Å². The molecule has 0 N–H and O–H groups in total. The quantitative estimate of drug-likeness (QED) is 0.744. The second-order valence-electron chi connectivity index (χ2n) is 2.32. The maximum absolute atomic E-state index is 11.9. The molecule has 8 heteroatoms. The second kappa shape index (κ2) is 4.43. The highest BCUT2D eigenvalue weighted by Crippen LogP contribution is 2.22. The summed E-state index contributed by atoms with van der Waals surface area (Å²) < 4.78 is 40.5. The van der Waals surface area contributed by atoms with Gasteiger partial charge in [-0.3, -0.25) is 0 Å². The van der Waals surface area contributed by atoms with Gasteiger partial charge in [0.1, 0.15) is 0 Å². The van der Waals surface area contributed by atoms with Crippen molar-refractivity contribution in [2.45, 2.75) is 6.18 Å². The van der Waals surface area contributed by atoms with Crippen LogP contribution in [-0.4, -0.2) is 28.4 Å². The number of aromatic nitrogens is 2. The summed E-state index contributed by atoms with van der Waals surface area (Å²) in [5, 5.41) is -1.52. The molecule has 0 saturated heterocycles. The Bertz CT molecular complexity index is 363. The van der Waals surface area contributed by atoms with Crippen molar-refractivity contribution >= 4 is 22.7 Å². The molecule has 0 radical (unpaired) electrons. The zero-order chi connectivity index (χ0) is 11.5. The molecule has 15 heavy (non-hydrogen) atoms. The lowest BCUT2D eigenvalue weighted by atomic mass is 10.6. The number of aliphatic imine (C=N–C) groups is 1. The lowest BCUT2D eigenvalue weighted by molar-refractivity contribution is -0.0558. The number of hydrogen-bond donors (Lipinski definition) is 0. The van der Waals surface area contributed by atoms with Gasteiger partial charge in [0.2, 0.25) is 5.17 Å². The minimum atomic E-state index is -4.69. The Labute approximate surface area is 87.8 Å². The highest BCUT2D eigenvalue weighted by molar-refractivity contribution is 6.67. The summed E-state index contributed by atoms with van der Waals surface area (Å²) in [4.78, 5) is 9.97. The van der Waals surface area contributed by atoms with Crippen LogP contribution in [0.15, 0.2) is 17.4 Å². The SMILES string of the molecule is COc1cnc(N=C(Cl)C(F)(F)F)nc1. The maximum Gasteiger partial charge on any atom is 0.444 e. The summed E-state index contributed by atoms with van der Waals surface area (Å²) in [6, 6.07) is 0. The smallest absolute Gasteiger partial charge is 0.444 e. The van der Waals surface area contributed by atoms with Gasteiger partial charge in [-0.05, 0) is 0 Å². The van der Waals surface area contributed by atoms with Gasteiger partial charge in [-0.1, -0.05) is 11.6 Å². The standard InChI is InChI=1S/C7H5ClF3N3O/c1-15-4-2-12-6(13-3-4)14-5(8)7(9,10)11/h2-3H,1H3. The molecular formula is C7H5ClF3N3O. The van der Waals surface area contributed by atoms with Crippen LogP contribution < -0.4 is 4.74 Å². The van der Waals surface area contributed by atoms with E-state index < -0.39 is 11.3 Å². The fourth-order valence-electron chi connectivity index (χ4n) is 0.624. The Morgan fingerprint density at radius 2 is 1.93 bits per heavy atom. The fraction of sp³-hybridized carbons (Fsp3) is 0.286. The Hall–Kier alpha value is -1.37. The Morgan fingerprint density at radius 3 is 2.33 bits per heavy atom. The monoisotopic (exact) mass is 239 g/mol. The van der Waals surface area contributed by atoms with Gasteiger partial charge in [-0.15, -0.1) is 0 Å². The number of alkyl halides is 3. The minimum Gasteiger partial charge on any atom is -0.494 e. The molecule has 0 amide bonds. The van der Waals surface area contributed by atoms with E-state index in [1.165, 1.54) is 19.5 Å². The molecule has 0 aliphatic heterocycles. The number of hydrogen-bond acceptors (Lipinski definition) is 4. The van der Waals surface area contributed by atoms with Gasteiger partial charge in [0.05, 0.1) is 19.5 Å². The van der Waals surface area contributed by atoms with E-state index in [4.69, 9.17) is 16.3 Å². The van der Waals surface area contributed by atoms with Gasteiger partial charge in [-0.2, -0.15) is 18.2 Å². The van der Waals surface area contributed by atoms with Gasteiger partial charge < -0.3 is 4.74 Å². The molecule has 0 atom stereocenters. The summed E-state index contributed by atoms with van der Waals surface area (Å²) in [6.07, 6.45) is -2.32. The third-order valence-corrected chi connectivity index (χ3v) is 1.58. The Balaban J connectivity index is 2.89. The van der Waals surface area contributed by atoms with Gasteiger partial charge in [0, 0.05) is 0 Å². The molecule has 0 fully saturated rings. The average molecular weight is 240 g/mol. The average Bonchev–Trinajstić information content (AvgIpc) is 2.17. The molecule has 1 rings (SSSR count). The van der Waals surface area contributed by atoms with Crippen LogP contribution >= 0.6 is 11.6 Å². The van der Waals surface area contributed by atoms with E-state index in [1.54, 1.807) is 0 Å². The summed E-state index contributed by atoms with van der Waals surface area (Å²) in [7, 11) is 1.38. The molecule has 0 aliphatic rings. The van der Waals surface area contributed by atoms with Gasteiger partial charge in [-0.25, -0.2) is 9.97 Å². The number of halogens is 4. The molecule has 0 bridgehead atoms. The van der Waals surface area contributed by atoms with Crippen LogP contribution in [0.3, 0.4) is 0 Å². The zero-order valence-corrected chi connectivity index (χ0v) is 8.17. The minimum absolute atomic E-state index is 0.317. The van der Waals surface area contributed by atoms with Crippen molar-refractivity contribution in [2.75, 3.05) is 7.11 Å². The number of rotatable bonds is 2. The summed E-state index contributed by atoms with van der Waals surface area (Å²) in [5.41, 5.74) is 0. The molecule has 1 aromatic rings. The maximum atomic E-state index is 11.9. The third kappa shape index (κ3) is 3.35. The molecule has 82 valence electrons. The first-order valence-corrected chi connectivity index (χ1v) is 3.98. The van der Waals surface area contributed by atoms with Crippen LogP contribution in [0.1, 0.15) is 0 Å². The molecule has 4 nitrogen and oxygen atoms in total. The van der Waals surface area contributed by atoms with E-state index in [2.05, 4.69) is 15.0 Å². The molecule has 0 spiro atoms. The zero-order valence-electron chi connectivity index (χ0n) is 7.42. The molecule has 1 heterocycles. The molecule has 1 aromatic heterocycles.